The van der Waals surface area contributed by atoms with Crippen LogP contribution < -0.4 is 0 Å². The molecule has 2 nitrogen and oxygen atoms in total. The van der Waals surface area contributed by atoms with Gasteiger partial charge in [0.15, 0.2) is 0 Å². The lowest BCUT2D eigenvalue weighted by Crippen LogP contribution is -2.03. The lowest BCUT2D eigenvalue weighted by atomic mass is 10.1. The SMILES string of the molecule is COC(=O)c1ccc(Cl)cc1C#Cc1ccccc1. The van der Waals surface area contributed by atoms with Crippen molar-refractivity contribution in [1.82, 2.24) is 0 Å². The number of hydrogen-bond acceptors (Lipinski definition) is 2. The Kier molecular flexibility index (Phi) is 4.22. The number of hydrogen-bond donors (Lipinski definition) is 0. The maximum Gasteiger partial charge on any atom is 0.339 e. The molecule has 0 radical (unpaired) electrons. The van der Waals surface area contributed by atoms with Gasteiger partial charge in [0, 0.05) is 16.1 Å². The maximum absolute atomic E-state index is 11.6. The van der Waals surface area contributed by atoms with E-state index in [9.17, 15) is 4.79 Å². The minimum Gasteiger partial charge on any atom is -0.465 e. The number of halogens is 1. The van der Waals surface area contributed by atoms with Crippen molar-refractivity contribution in [3.8, 4) is 11.8 Å². The van der Waals surface area contributed by atoms with Crippen molar-refractivity contribution in [1.29, 1.82) is 0 Å². The first-order chi connectivity index (χ1) is 9.20. The predicted octanol–water partition coefficient (Wildman–Crippen LogP) is 3.53. The Labute approximate surface area is 117 Å². The second-order valence-corrected chi connectivity index (χ2v) is 4.23. The van der Waals surface area contributed by atoms with Crippen molar-refractivity contribution < 1.29 is 9.53 Å². The summed E-state index contributed by atoms with van der Waals surface area (Å²) < 4.78 is 4.72. The van der Waals surface area contributed by atoms with Gasteiger partial charge in [-0.15, -0.1) is 0 Å². The smallest absolute Gasteiger partial charge is 0.339 e. The molecule has 0 atom stereocenters. The van der Waals surface area contributed by atoms with Gasteiger partial charge in [-0.1, -0.05) is 41.6 Å². The molecule has 0 spiro atoms. The van der Waals surface area contributed by atoms with E-state index < -0.39 is 5.97 Å². The van der Waals surface area contributed by atoms with E-state index in [1.807, 2.05) is 30.3 Å². The van der Waals surface area contributed by atoms with Gasteiger partial charge in [0.05, 0.1) is 12.7 Å². The molecule has 0 saturated carbocycles. The molecule has 2 aromatic carbocycles. The van der Waals surface area contributed by atoms with Gasteiger partial charge in [0.1, 0.15) is 0 Å². The van der Waals surface area contributed by atoms with Crippen LogP contribution >= 0.6 is 11.6 Å². The van der Waals surface area contributed by atoms with Crippen LogP contribution in [0, 0.1) is 11.8 Å². The first-order valence-corrected chi connectivity index (χ1v) is 6.03. The van der Waals surface area contributed by atoms with E-state index in [4.69, 9.17) is 16.3 Å². The normalized spacial score (nSPS) is 9.37. The summed E-state index contributed by atoms with van der Waals surface area (Å²) in [6, 6.07) is 14.4. The zero-order valence-electron chi connectivity index (χ0n) is 10.3. The van der Waals surface area contributed by atoms with Crippen LogP contribution in [0.25, 0.3) is 0 Å². The molecule has 0 aliphatic rings. The third kappa shape index (κ3) is 3.37. The summed E-state index contributed by atoms with van der Waals surface area (Å²) in [4.78, 5) is 11.6. The Hall–Kier alpha value is -2.24. The van der Waals surface area contributed by atoms with Gasteiger partial charge in [-0.25, -0.2) is 4.79 Å². The van der Waals surface area contributed by atoms with E-state index in [1.165, 1.54) is 7.11 Å². The Morgan fingerprint density at radius 3 is 2.53 bits per heavy atom. The van der Waals surface area contributed by atoms with E-state index in [0.29, 0.717) is 16.1 Å². The molecule has 0 aromatic heterocycles. The predicted molar refractivity (Wildman–Crippen MR) is 75.2 cm³/mol. The van der Waals surface area contributed by atoms with Gasteiger partial charge in [-0.05, 0) is 30.3 Å². The van der Waals surface area contributed by atoms with Gasteiger partial charge in [0.25, 0.3) is 0 Å². The van der Waals surface area contributed by atoms with Crippen LogP contribution in [0.5, 0.6) is 0 Å². The Morgan fingerprint density at radius 1 is 1.11 bits per heavy atom. The van der Waals surface area contributed by atoms with Crippen molar-refractivity contribution in [3.63, 3.8) is 0 Å². The van der Waals surface area contributed by atoms with Crippen LogP contribution in [0.3, 0.4) is 0 Å². The van der Waals surface area contributed by atoms with Crippen LogP contribution in [0.15, 0.2) is 48.5 Å². The van der Waals surface area contributed by atoms with Crippen LogP contribution in [0.2, 0.25) is 5.02 Å². The first kappa shape index (κ1) is 13.2. The van der Waals surface area contributed by atoms with E-state index >= 15 is 0 Å². The van der Waals surface area contributed by atoms with Crippen molar-refractivity contribution in [2.24, 2.45) is 0 Å². The van der Waals surface area contributed by atoms with Gasteiger partial charge < -0.3 is 4.74 Å². The third-order valence-corrected chi connectivity index (χ3v) is 2.74. The van der Waals surface area contributed by atoms with E-state index in [-0.39, 0.29) is 0 Å². The molecule has 0 aliphatic carbocycles. The molecule has 2 rings (SSSR count). The van der Waals surface area contributed by atoms with Crippen molar-refractivity contribution in [3.05, 3.63) is 70.2 Å². The Balaban J connectivity index is 2.42. The van der Waals surface area contributed by atoms with E-state index in [0.717, 1.165) is 5.56 Å². The average molecular weight is 271 g/mol. The van der Waals surface area contributed by atoms with Crippen molar-refractivity contribution >= 4 is 17.6 Å². The molecule has 0 unspecified atom stereocenters. The summed E-state index contributed by atoms with van der Waals surface area (Å²) >= 11 is 5.93. The fourth-order valence-electron chi connectivity index (χ4n) is 1.57. The fraction of sp³-hybridized carbons (Fsp3) is 0.0625. The number of ether oxygens (including phenoxy) is 1. The summed E-state index contributed by atoms with van der Waals surface area (Å²) in [6.07, 6.45) is 0. The zero-order chi connectivity index (χ0) is 13.7. The molecule has 0 aliphatic heterocycles. The van der Waals surface area contributed by atoms with Gasteiger partial charge >= 0.3 is 5.97 Å². The molecule has 3 heteroatoms. The fourth-order valence-corrected chi connectivity index (χ4v) is 1.74. The number of esters is 1. The minimum absolute atomic E-state index is 0.412. The highest BCUT2D eigenvalue weighted by atomic mass is 35.5. The molecule has 0 N–H and O–H groups in total. The summed E-state index contributed by atoms with van der Waals surface area (Å²) in [7, 11) is 1.34. The summed E-state index contributed by atoms with van der Waals surface area (Å²) in [5.74, 6) is 5.52. The van der Waals surface area contributed by atoms with Gasteiger partial charge in [-0.3, -0.25) is 0 Å². The van der Waals surface area contributed by atoms with Crippen LogP contribution in [0.1, 0.15) is 21.5 Å². The Bertz CT molecular complexity index is 651. The summed E-state index contributed by atoms with van der Waals surface area (Å²) in [6.45, 7) is 0. The van der Waals surface area contributed by atoms with Crippen LogP contribution in [0.4, 0.5) is 0 Å². The molecule has 94 valence electrons. The number of rotatable bonds is 1. The highest BCUT2D eigenvalue weighted by molar-refractivity contribution is 6.30. The minimum atomic E-state index is -0.422. The summed E-state index contributed by atoms with van der Waals surface area (Å²) in [5.41, 5.74) is 1.84. The molecule has 2 aromatic rings. The van der Waals surface area contributed by atoms with Gasteiger partial charge in [-0.2, -0.15) is 0 Å². The molecule has 0 fully saturated rings. The number of carbonyl (C=O) groups excluding carboxylic acids is 1. The quantitative estimate of drug-likeness (QED) is 0.585. The topological polar surface area (TPSA) is 26.3 Å². The molecule has 19 heavy (non-hydrogen) atoms. The number of methoxy groups -OCH3 is 1. The van der Waals surface area contributed by atoms with Crippen molar-refractivity contribution in [2.45, 2.75) is 0 Å². The monoisotopic (exact) mass is 270 g/mol. The highest BCUT2D eigenvalue weighted by Crippen LogP contribution is 2.16. The third-order valence-electron chi connectivity index (χ3n) is 2.50. The lowest BCUT2D eigenvalue weighted by Gasteiger charge is -2.02. The molecule has 0 bridgehead atoms. The van der Waals surface area contributed by atoms with E-state index in [1.54, 1.807) is 18.2 Å². The molecule has 0 amide bonds. The van der Waals surface area contributed by atoms with Gasteiger partial charge in [0.2, 0.25) is 0 Å². The first-order valence-electron chi connectivity index (χ1n) is 5.65. The molecule has 0 heterocycles. The standard InChI is InChI=1S/C16H11ClO2/c1-19-16(18)15-10-9-14(17)11-13(15)8-7-12-5-3-2-4-6-12/h2-6,9-11H,1H3. The number of benzene rings is 2. The largest absolute Gasteiger partial charge is 0.465 e. The Morgan fingerprint density at radius 2 is 1.84 bits per heavy atom. The van der Waals surface area contributed by atoms with Crippen LogP contribution in [-0.2, 0) is 4.74 Å². The number of carbonyl (C=O) groups is 1. The average Bonchev–Trinajstić information content (AvgIpc) is 2.45. The molecule has 0 saturated heterocycles. The summed E-state index contributed by atoms with van der Waals surface area (Å²) in [5, 5.41) is 0.532. The van der Waals surface area contributed by atoms with Crippen LogP contribution in [-0.4, -0.2) is 13.1 Å². The second kappa shape index (κ2) is 6.08. The molecular formula is C16H11ClO2. The maximum atomic E-state index is 11.6. The van der Waals surface area contributed by atoms with Crippen molar-refractivity contribution in [2.75, 3.05) is 7.11 Å². The highest BCUT2D eigenvalue weighted by Gasteiger charge is 2.10. The second-order valence-electron chi connectivity index (χ2n) is 3.80. The molecular weight excluding hydrogens is 260 g/mol. The lowest BCUT2D eigenvalue weighted by molar-refractivity contribution is 0.0600. The van der Waals surface area contributed by atoms with E-state index in [2.05, 4.69) is 11.8 Å². The zero-order valence-corrected chi connectivity index (χ0v) is 11.1.